The van der Waals surface area contributed by atoms with E-state index in [0.29, 0.717) is 11.5 Å². The van der Waals surface area contributed by atoms with Crippen LogP contribution in [0.15, 0.2) is 29.4 Å². The average molecular weight is 333 g/mol. The standard InChI is InChI=1S/C13H15N7O4/c1-9(8-19-17-13(16-18-19)20(22)23)14-15-12(21)7-10-3-5-11(24-2)6-4-10/h3-6H,7-8H2,1-2H3,(H,15,21)/b14-9+. The molecule has 11 nitrogen and oxygen atoms in total. The molecule has 2 aromatic rings. The number of ether oxygens (including phenoxy) is 1. The maximum absolute atomic E-state index is 11.8. The fraction of sp³-hybridized carbons (Fsp3) is 0.308. The molecule has 1 aromatic heterocycles. The van der Waals surface area contributed by atoms with Crippen molar-refractivity contribution in [2.75, 3.05) is 7.11 Å². The molecule has 1 aromatic carbocycles. The third-order valence-corrected chi connectivity index (χ3v) is 2.87. The number of aromatic nitrogens is 4. The highest BCUT2D eigenvalue weighted by Crippen LogP contribution is 2.11. The van der Waals surface area contributed by atoms with Crippen LogP contribution in [0.4, 0.5) is 5.95 Å². The Labute approximate surface area is 136 Å². The summed E-state index contributed by atoms with van der Waals surface area (Å²) in [5.41, 5.74) is 3.68. The van der Waals surface area contributed by atoms with E-state index in [-0.39, 0.29) is 18.9 Å². The van der Waals surface area contributed by atoms with Crippen molar-refractivity contribution in [2.45, 2.75) is 19.9 Å². The highest BCUT2D eigenvalue weighted by molar-refractivity contribution is 5.84. The molecule has 126 valence electrons. The Balaban J connectivity index is 1.86. The van der Waals surface area contributed by atoms with E-state index in [2.05, 4.69) is 25.9 Å². The minimum absolute atomic E-state index is 0.0731. The summed E-state index contributed by atoms with van der Waals surface area (Å²) >= 11 is 0. The van der Waals surface area contributed by atoms with E-state index < -0.39 is 10.9 Å². The lowest BCUT2D eigenvalue weighted by Crippen LogP contribution is -2.22. The van der Waals surface area contributed by atoms with Crippen LogP contribution in [0, 0.1) is 10.1 Å². The third-order valence-electron chi connectivity index (χ3n) is 2.87. The fourth-order valence-electron chi connectivity index (χ4n) is 1.74. The lowest BCUT2D eigenvalue weighted by atomic mass is 10.1. The number of benzene rings is 1. The lowest BCUT2D eigenvalue weighted by Gasteiger charge is -2.03. The fourth-order valence-corrected chi connectivity index (χ4v) is 1.74. The second-order valence-electron chi connectivity index (χ2n) is 4.78. The van der Waals surface area contributed by atoms with Gasteiger partial charge < -0.3 is 14.9 Å². The first-order valence-corrected chi connectivity index (χ1v) is 6.85. The minimum Gasteiger partial charge on any atom is -0.497 e. The molecule has 24 heavy (non-hydrogen) atoms. The molecule has 1 amide bonds. The number of carbonyl (C=O) groups is 1. The number of hydrogen-bond acceptors (Lipinski definition) is 8. The predicted octanol–water partition coefficient (Wildman–Crippen LogP) is 0.325. The Kier molecular flexibility index (Phi) is 5.49. The van der Waals surface area contributed by atoms with Crippen LogP contribution in [0.1, 0.15) is 12.5 Å². The number of methoxy groups -OCH3 is 1. The summed E-state index contributed by atoms with van der Waals surface area (Å²) in [5.74, 6) is -0.175. The molecule has 0 unspecified atom stereocenters. The molecule has 2 rings (SSSR count). The van der Waals surface area contributed by atoms with E-state index in [0.717, 1.165) is 10.4 Å². The topological polar surface area (TPSA) is 137 Å². The molecular weight excluding hydrogens is 318 g/mol. The Hall–Kier alpha value is -3.37. The Morgan fingerprint density at radius 1 is 1.42 bits per heavy atom. The number of nitrogens with one attached hydrogen (secondary N) is 1. The highest BCUT2D eigenvalue weighted by Gasteiger charge is 2.15. The maximum atomic E-state index is 11.8. The number of nitro groups is 1. The first-order chi connectivity index (χ1) is 11.5. The zero-order chi connectivity index (χ0) is 17.5. The van der Waals surface area contributed by atoms with Crippen LogP contribution in [-0.4, -0.2) is 43.9 Å². The lowest BCUT2D eigenvalue weighted by molar-refractivity contribution is -0.394. The second-order valence-corrected chi connectivity index (χ2v) is 4.78. The van der Waals surface area contributed by atoms with Gasteiger partial charge in [0.1, 0.15) is 12.3 Å². The smallest absolute Gasteiger partial charge is 0.497 e. The summed E-state index contributed by atoms with van der Waals surface area (Å²) in [5, 5.41) is 24.7. The van der Waals surface area contributed by atoms with Gasteiger partial charge in [-0.05, 0) is 29.5 Å². The molecule has 0 aliphatic carbocycles. The van der Waals surface area contributed by atoms with Gasteiger partial charge in [-0.1, -0.05) is 16.9 Å². The van der Waals surface area contributed by atoms with Gasteiger partial charge in [0.25, 0.3) is 0 Å². The monoisotopic (exact) mass is 333 g/mol. The van der Waals surface area contributed by atoms with Crippen molar-refractivity contribution in [2.24, 2.45) is 5.10 Å². The van der Waals surface area contributed by atoms with Crippen molar-refractivity contribution in [1.29, 1.82) is 0 Å². The van der Waals surface area contributed by atoms with Crippen molar-refractivity contribution < 1.29 is 14.5 Å². The molecular formula is C13H15N7O4. The normalized spacial score (nSPS) is 11.2. The first kappa shape index (κ1) is 17.0. The van der Waals surface area contributed by atoms with E-state index in [1.54, 1.807) is 38.3 Å². The SMILES string of the molecule is COc1ccc(CC(=O)N/N=C(\C)Cn2nnc([N+](=O)[O-])n2)cc1. The number of hydrogen-bond donors (Lipinski definition) is 1. The summed E-state index contributed by atoms with van der Waals surface area (Å²) < 4.78 is 5.04. The number of tetrazole rings is 1. The predicted molar refractivity (Wildman–Crippen MR) is 82.4 cm³/mol. The van der Waals surface area contributed by atoms with Crippen LogP contribution < -0.4 is 10.2 Å². The van der Waals surface area contributed by atoms with E-state index in [1.165, 1.54) is 0 Å². The van der Waals surface area contributed by atoms with Crippen LogP contribution in [-0.2, 0) is 17.8 Å². The van der Waals surface area contributed by atoms with Gasteiger partial charge in [0.05, 0.1) is 29.4 Å². The summed E-state index contributed by atoms with van der Waals surface area (Å²) in [6.07, 6.45) is 0.161. The summed E-state index contributed by atoms with van der Waals surface area (Å²) in [4.78, 5) is 22.6. The third kappa shape index (κ3) is 4.83. The van der Waals surface area contributed by atoms with Crippen LogP contribution >= 0.6 is 0 Å². The molecule has 11 heteroatoms. The van der Waals surface area contributed by atoms with Crippen LogP contribution in [0.2, 0.25) is 0 Å². The number of amides is 1. The van der Waals surface area contributed by atoms with E-state index >= 15 is 0 Å². The van der Waals surface area contributed by atoms with Crippen molar-refractivity contribution in [3.05, 3.63) is 39.9 Å². The van der Waals surface area contributed by atoms with Gasteiger partial charge in [-0.2, -0.15) is 5.10 Å². The summed E-state index contributed by atoms with van der Waals surface area (Å²) in [7, 11) is 1.57. The van der Waals surface area contributed by atoms with Gasteiger partial charge in [0.2, 0.25) is 5.91 Å². The van der Waals surface area contributed by atoms with Gasteiger partial charge in [-0.25, -0.2) is 5.43 Å². The van der Waals surface area contributed by atoms with Crippen molar-refractivity contribution in [3.63, 3.8) is 0 Å². The molecule has 0 saturated heterocycles. The number of rotatable bonds is 7. The second kappa shape index (κ2) is 7.76. The Bertz CT molecular complexity index is 754. The molecule has 0 saturated carbocycles. The molecule has 0 radical (unpaired) electrons. The molecule has 0 spiro atoms. The molecule has 0 atom stereocenters. The average Bonchev–Trinajstić information content (AvgIpc) is 3.02. The number of nitrogens with zero attached hydrogens (tertiary/aromatic N) is 6. The molecule has 0 aliphatic heterocycles. The van der Waals surface area contributed by atoms with E-state index in [9.17, 15) is 14.9 Å². The summed E-state index contributed by atoms with van der Waals surface area (Å²) in [6.45, 7) is 1.70. The first-order valence-electron chi connectivity index (χ1n) is 6.85. The van der Waals surface area contributed by atoms with Crippen LogP contribution in [0.3, 0.4) is 0 Å². The summed E-state index contributed by atoms with van der Waals surface area (Å²) in [6, 6.07) is 7.10. The Morgan fingerprint density at radius 3 is 2.71 bits per heavy atom. The van der Waals surface area contributed by atoms with Crippen molar-refractivity contribution >= 4 is 17.6 Å². The minimum atomic E-state index is -0.743. The van der Waals surface area contributed by atoms with Gasteiger partial charge in [0, 0.05) is 5.21 Å². The van der Waals surface area contributed by atoms with Crippen LogP contribution in [0.5, 0.6) is 5.75 Å². The van der Waals surface area contributed by atoms with Crippen molar-refractivity contribution in [3.8, 4) is 5.75 Å². The van der Waals surface area contributed by atoms with E-state index in [4.69, 9.17) is 4.74 Å². The Morgan fingerprint density at radius 2 is 2.12 bits per heavy atom. The zero-order valence-electron chi connectivity index (χ0n) is 13.0. The molecule has 0 aliphatic rings. The zero-order valence-corrected chi connectivity index (χ0v) is 13.0. The van der Waals surface area contributed by atoms with Crippen molar-refractivity contribution in [1.82, 2.24) is 25.6 Å². The molecule has 0 bridgehead atoms. The largest absolute Gasteiger partial charge is 0.514 e. The molecule has 1 N–H and O–H groups in total. The highest BCUT2D eigenvalue weighted by atomic mass is 16.6. The molecule has 1 heterocycles. The number of carbonyl (C=O) groups excluding carboxylic acids is 1. The quantitative estimate of drug-likeness (QED) is 0.437. The maximum Gasteiger partial charge on any atom is 0.514 e. The van der Waals surface area contributed by atoms with E-state index in [1.807, 2.05) is 0 Å². The van der Waals surface area contributed by atoms with Gasteiger partial charge in [0.15, 0.2) is 0 Å². The number of hydrazone groups is 1. The van der Waals surface area contributed by atoms with Gasteiger partial charge in [-0.15, -0.1) is 0 Å². The van der Waals surface area contributed by atoms with Gasteiger partial charge in [-0.3, -0.25) is 4.79 Å². The molecule has 0 fully saturated rings. The van der Waals surface area contributed by atoms with Crippen LogP contribution in [0.25, 0.3) is 0 Å². The van der Waals surface area contributed by atoms with Gasteiger partial charge >= 0.3 is 5.95 Å².